The minimum atomic E-state index is -0.609. The number of nitrogens with zero attached hydrogens (tertiary/aromatic N) is 1. The highest BCUT2D eigenvalue weighted by molar-refractivity contribution is 6.32. The Morgan fingerprint density at radius 3 is 2.42 bits per heavy atom. The van der Waals surface area contributed by atoms with E-state index in [2.05, 4.69) is 6.92 Å². The lowest BCUT2D eigenvalue weighted by Crippen LogP contribution is -3.17. The van der Waals surface area contributed by atoms with E-state index in [0.29, 0.717) is 26.0 Å². The first-order valence-electron chi connectivity index (χ1n) is 6.85. The number of nitrogens with one attached hydrogen (secondary N) is 1. The molecule has 1 aliphatic heterocycles. The third kappa shape index (κ3) is 5.70. The van der Waals surface area contributed by atoms with Gasteiger partial charge in [0, 0.05) is 6.54 Å². The molecular formula is C13H23ClN2O3. The topological polar surface area (TPSA) is 58.9 Å². The molecule has 1 rings (SSSR count). The summed E-state index contributed by atoms with van der Waals surface area (Å²) in [5, 5.41) is 0. The molecule has 0 radical (unpaired) electrons. The number of amides is 3. The number of halogens is 1. The normalized spacial score (nSPS) is 19.2. The Labute approximate surface area is 120 Å². The van der Waals surface area contributed by atoms with Gasteiger partial charge in [-0.25, -0.2) is 14.5 Å². The van der Waals surface area contributed by atoms with Crippen molar-refractivity contribution in [1.82, 2.24) is 4.90 Å². The van der Waals surface area contributed by atoms with E-state index in [-0.39, 0.29) is 17.3 Å². The van der Waals surface area contributed by atoms with Crippen LogP contribution < -0.4 is 17.3 Å². The molecule has 0 aliphatic carbocycles. The Balaban J connectivity index is 0.00000324. The van der Waals surface area contributed by atoms with Crippen LogP contribution in [-0.2, 0) is 14.4 Å². The summed E-state index contributed by atoms with van der Waals surface area (Å²) in [6, 6.07) is 0. The highest BCUT2D eigenvalue weighted by atomic mass is 35.5. The summed E-state index contributed by atoms with van der Waals surface area (Å²) in [4.78, 5) is 35.4. The Morgan fingerprint density at radius 1 is 1.16 bits per heavy atom. The molecule has 1 N–H and O–H groups in total. The minimum Gasteiger partial charge on any atom is -1.00 e. The zero-order valence-electron chi connectivity index (χ0n) is 11.5. The van der Waals surface area contributed by atoms with E-state index in [1.165, 1.54) is 25.7 Å². The first-order chi connectivity index (χ1) is 8.70. The third-order valence-corrected chi connectivity index (χ3v) is 3.35. The molecule has 0 saturated carbocycles. The molecule has 0 aromatic rings. The van der Waals surface area contributed by atoms with Gasteiger partial charge < -0.3 is 17.3 Å². The molecule has 0 bridgehead atoms. The van der Waals surface area contributed by atoms with Crippen molar-refractivity contribution in [3.05, 3.63) is 0 Å². The van der Waals surface area contributed by atoms with Gasteiger partial charge in [-0.2, -0.15) is 0 Å². The summed E-state index contributed by atoms with van der Waals surface area (Å²) in [6.45, 7) is 3.74. The van der Waals surface area contributed by atoms with Gasteiger partial charge in [-0.1, -0.05) is 39.0 Å². The Hall–Kier alpha value is -0.940. The zero-order chi connectivity index (χ0) is 13.4. The average molecular weight is 291 g/mol. The predicted molar refractivity (Wildman–Crippen MR) is 66.9 cm³/mol. The molecule has 6 heteroatoms. The maximum atomic E-state index is 11.7. The van der Waals surface area contributed by atoms with Gasteiger partial charge in [-0.15, -0.1) is 0 Å². The van der Waals surface area contributed by atoms with Crippen molar-refractivity contribution in [1.29, 1.82) is 0 Å². The molecule has 110 valence electrons. The highest BCUT2D eigenvalue weighted by Gasteiger charge is 2.36. The van der Waals surface area contributed by atoms with Gasteiger partial charge >= 0.3 is 18.2 Å². The molecule has 1 aliphatic rings. The standard InChI is InChI=1S/C13H22N2O3.ClH/c1-2-3-4-5-6-7-8-14-9-10-15(11-16)13(18)12(14)17;/h11H,2-10H2,1H3;1H. The van der Waals surface area contributed by atoms with Gasteiger partial charge in [0.25, 0.3) is 0 Å². The van der Waals surface area contributed by atoms with E-state index in [0.717, 1.165) is 12.8 Å². The van der Waals surface area contributed by atoms with E-state index in [4.69, 9.17) is 0 Å². The molecule has 5 nitrogen and oxygen atoms in total. The van der Waals surface area contributed by atoms with Crippen molar-refractivity contribution in [2.24, 2.45) is 0 Å². The molecule has 1 fully saturated rings. The van der Waals surface area contributed by atoms with Crippen LogP contribution in [0.1, 0.15) is 45.4 Å². The van der Waals surface area contributed by atoms with E-state index < -0.39 is 11.8 Å². The summed E-state index contributed by atoms with van der Waals surface area (Å²) in [5.41, 5.74) is 0. The highest BCUT2D eigenvalue weighted by Crippen LogP contribution is 2.06. The number of rotatable bonds is 8. The molecular weight excluding hydrogens is 268 g/mol. The second-order valence-electron chi connectivity index (χ2n) is 4.78. The van der Waals surface area contributed by atoms with Crippen molar-refractivity contribution in [2.45, 2.75) is 45.4 Å². The summed E-state index contributed by atoms with van der Waals surface area (Å²) < 4.78 is 0. The van der Waals surface area contributed by atoms with Crippen LogP contribution in [0.15, 0.2) is 0 Å². The SMILES string of the molecule is CCCCCCCCN1CC[NH+](C=O)C(=O)C1=O.[Cl-]. The number of imide groups is 1. The average Bonchev–Trinajstić information content (AvgIpc) is 2.38. The van der Waals surface area contributed by atoms with Gasteiger partial charge in [0.15, 0.2) is 0 Å². The smallest absolute Gasteiger partial charge is 0.409 e. The lowest BCUT2D eigenvalue weighted by molar-refractivity contribution is -0.727. The van der Waals surface area contributed by atoms with Crippen molar-refractivity contribution in [3.63, 3.8) is 0 Å². The molecule has 1 heterocycles. The second-order valence-corrected chi connectivity index (χ2v) is 4.78. The van der Waals surface area contributed by atoms with Crippen molar-refractivity contribution >= 4 is 18.2 Å². The Bertz CT molecular complexity index is 310. The van der Waals surface area contributed by atoms with Crippen LogP contribution in [-0.4, -0.2) is 42.8 Å². The van der Waals surface area contributed by atoms with Crippen LogP contribution in [0.3, 0.4) is 0 Å². The predicted octanol–water partition coefficient (Wildman–Crippen LogP) is -3.24. The second kappa shape index (κ2) is 9.92. The quantitative estimate of drug-likeness (QED) is 0.290. The number of hydrogen-bond acceptors (Lipinski definition) is 3. The number of piperazine rings is 1. The first-order valence-corrected chi connectivity index (χ1v) is 6.85. The van der Waals surface area contributed by atoms with Gasteiger partial charge in [-0.05, 0) is 6.42 Å². The lowest BCUT2D eigenvalue weighted by atomic mass is 10.1. The van der Waals surface area contributed by atoms with Crippen LogP contribution in [0.5, 0.6) is 0 Å². The van der Waals surface area contributed by atoms with Gasteiger partial charge in [0.2, 0.25) is 0 Å². The number of carbonyl (C=O) groups excluding carboxylic acids is 3. The monoisotopic (exact) mass is 290 g/mol. The molecule has 1 unspecified atom stereocenters. The summed E-state index contributed by atoms with van der Waals surface area (Å²) in [7, 11) is 0. The molecule has 1 atom stereocenters. The number of carbonyl (C=O) groups is 3. The molecule has 1 saturated heterocycles. The van der Waals surface area contributed by atoms with Crippen LogP contribution in [0.2, 0.25) is 0 Å². The number of quaternary nitrogens is 1. The fourth-order valence-electron chi connectivity index (χ4n) is 2.16. The van der Waals surface area contributed by atoms with Crippen LogP contribution in [0.4, 0.5) is 0 Å². The third-order valence-electron chi connectivity index (χ3n) is 3.35. The van der Waals surface area contributed by atoms with Gasteiger partial charge in [0.05, 0.1) is 6.54 Å². The van der Waals surface area contributed by atoms with Crippen molar-refractivity contribution < 1.29 is 31.7 Å². The fourth-order valence-corrected chi connectivity index (χ4v) is 2.16. The van der Waals surface area contributed by atoms with E-state index >= 15 is 0 Å². The van der Waals surface area contributed by atoms with E-state index in [9.17, 15) is 14.4 Å². The Morgan fingerprint density at radius 2 is 1.79 bits per heavy atom. The number of hydrogen-bond donors (Lipinski definition) is 1. The Kier molecular flexibility index (Phi) is 9.43. The molecule has 0 spiro atoms. The molecule has 3 amide bonds. The maximum absolute atomic E-state index is 11.7. The summed E-state index contributed by atoms with van der Waals surface area (Å²) >= 11 is 0. The summed E-state index contributed by atoms with van der Waals surface area (Å²) in [5.74, 6) is -1.11. The molecule has 19 heavy (non-hydrogen) atoms. The zero-order valence-corrected chi connectivity index (χ0v) is 12.2. The molecule has 0 aromatic heterocycles. The van der Waals surface area contributed by atoms with E-state index in [1.807, 2.05) is 0 Å². The summed E-state index contributed by atoms with van der Waals surface area (Å²) in [6.07, 6.45) is 7.48. The fraction of sp³-hybridized carbons (Fsp3) is 0.769. The van der Waals surface area contributed by atoms with E-state index in [1.54, 1.807) is 4.90 Å². The van der Waals surface area contributed by atoms with Crippen molar-refractivity contribution in [2.75, 3.05) is 19.6 Å². The van der Waals surface area contributed by atoms with Gasteiger partial charge in [-0.3, -0.25) is 4.79 Å². The van der Waals surface area contributed by atoms with Crippen LogP contribution >= 0.6 is 0 Å². The first kappa shape index (κ1) is 18.1. The van der Waals surface area contributed by atoms with Gasteiger partial charge in [0.1, 0.15) is 6.54 Å². The number of unbranched alkanes of at least 4 members (excludes halogenated alkanes) is 5. The maximum Gasteiger partial charge on any atom is 0.409 e. The lowest BCUT2D eigenvalue weighted by Gasteiger charge is -2.26. The largest absolute Gasteiger partial charge is 1.00 e. The van der Waals surface area contributed by atoms with Crippen molar-refractivity contribution in [3.8, 4) is 0 Å². The molecule has 0 aromatic carbocycles. The minimum absolute atomic E-state index is 0. The van der Waals surface area contributed by atoms with Crippen LogP contribution in [0.25, 0.3) is 0 Å². The van der Waals surface area contributed by atoms with Crippen LogP contribution in [0, 0.1) is 0 Å².